The van der Waals surface area contributed by atoms with Gasteiger partial charge in [0.1, 0.15) is 22.8 Å². The predicted molar refractivity (Wildman–Crippen MR) is 156 cm³/mol. The van der Waals surface area contributed by atoms with E-state index in [1.165, 1.54) is 32.2 Å². The number of phenols is 2. The van der Waals surface area contributed by atoms with Gasteiger partial charge in [0, 0.05) is 42.0 Å². The van der Waals surface area contributed by atoms with Crippen LogP contribution in [0, 0.1) is 0 Å². The number of amides is 2. The van der Waals surface area contributed by atoms with Crippen molar-refractivity contribution >= 4 is 35.7 Å². The van der Waals surface area contributed by atoms with Crippen LogP contribution in [0.15, 0.2) is 23.3 Å². The first-order valence-corrected chi connectivity index (χ1v) is 13.5. The van der Waals surface area contributed by atoms with E-state index in [4.69, 9.17) is 25.8 Å². The molecule has 2 aliphatic carbocycles. The number of hydrazone groups is 1. The van der Waals surface area contributed by atoms with E-state index in [1.807, 2.05) is 5.43 Å². The summed E-state index contributed by atoms with van der Waals surface area (Å²) >= 11 is 0. The van der Waals surface area contributed by atoms with E-state index < -0.39 is 76.5 Å². The molecule has 3 aliphatic rings. The number of carbonyl (C=O) groups excluding carboxylic acids is 3. The zero-order chi connectivity index (χ0) is 31.4. The molecule has 238 valence electrons. The summed E-state index contributed by atoms with van der Waals surface area (Å²) in [6, 6.07) is 2.84. The normalized spacial score (nSPS) is 27.8. The molecule has 44 heavy (non-hydrogen) atoms. The van der Waals surface area contributed by atoms with Gasteiger partial charge in [0.15, 0.2) is 12.1 Å². The number of aromatic hydroxyl groups is 2. The van der Waals surface area contributed by atoms with Crippen molar-refractivity contribution in [3.05, 3.63) is 51.6 Å². The molecule has 4 unspecified atom stereocenters. The molecule has 5 rings (SSSR count). The van der Waals surface area contributed by atoms with Crippen LogP contribution in [-0.4, -0.2) is 81.0 Å². The van der Waals surface area contributed by atoms with Crippen LogP contribution in [-0.2, 0) is 15.9 Å². The monoisotopic (exact) mass is 635 g/mol. The van der Waals surface area contributed by atoms with E-state index in [2.05, 4.69) is 10.5 Å². The molecule has 15 nitrogen and oxygen atoms in total. The Morgan fingerprint density at radius 1 is 1.16 bits per heavy atom. The summed E-state index contributed by atoms with van der Waals surface area (Å²) < 4.78 is 17.3. The summed E-state index contributed by atoms with van der Waals surface area (Å²) in [7, 11) is 1.33. The van der Waals surface area contributed by atoms with Crippen LogP contribution in [0.1, 0.15) is 75.8 Å². The Balaban J connectivity index is 0.00000442. The predicted octanol–water partition coefficient (Wildman–Crippen LogP) is 0.411. The van der Waals surface area contributed by atoms with Crippen molar-refractivity contribution in [3.8, 4) is 17.2 Å². The van der Waals surface area contributed by atoms with E-state index in [-0.39, 0.29) is 65.4 Å². The Morgan fingerprint density at radius 2 is 1.84 bits per heavy atom. The van der Waals surface area contributed by atoms with Crippen molar-refractivity contribution in [2.24, 2.45) is 16.7 Å². The van der Waals surface area contributed by atoms with Crippen LogP contribution in [0.5, 0.6) is 17.2 Å². The van der Waals surface area contributed by atoms with Crippen molar-refractivity contribution in [3.63, 3.8) is 0 Å². The highest BCUT2D eigenvalue weighted by molar-refractivity contribution is 6.31. The quantitative estimate of drug-likeness (QED) is 0.0624. The number of ketones is 2. The molecule has 10 N–H and O–H groups in total. The van der Waals surface area contributed by atoms with Gasteiger partial charge < -0.3 is 40.4 Å². The van der Waals surface area contributed by atoms with Gasteiger partial charge in [-0.2, -0.15) is 5.10 Å². The molecule has 0 saturated carbocycles. The third-order valence-electron chi connectivity index (χ3n) is 8.27. The molecular weight excluding hydrogens is 602 g/mol. The fourth-order valence-electron chi connectivity index (χ4n) is 5.94. The smallest absolute Gasteiger partial charge is 0.349 e. The summed E-state index contributed by atoms with van der Waals surface area (Å²) in [6.07, 6.45) is -4.59. The molecule has 1 saturated heterocycles. The van der Waals surface area contributed by atoms with Crippen LogP contribution < -0.4 is 27.2 Å². The largest absolute Gasteiger partial charge is 0.507 e. The van der Waals surface area contributed by atoms with Crippen molar-refractivity contribution in [2.45, 2.75) is 69.4 Å². The van der Waals surface area contributed by atoms with E-state index >= 15 is 0 Å². The second-order valence-electron chi connectivity index (χ2n) is 10.9. The molecule has 1 fully saturated rings. The number of halogens is 1. The number of hydrogen-bond donors (Lipinski definition) is 8. The van der Waals surface area contributed by atoms with Crippen molar-refractivity contribution in [2.75, 3.05) is 7.11 Å². The molecule has 0 aromatic heterocycles. The first kappa shape index (κ1) is 33.1. The summed E-state index contributed by atoms with van der Waals surface area (Å²) in [6.45, 7) is 3.02. The molecule has 0 bridgehead atoms. The van der Waals surface area contributed by atoms with Crippen molar-refractivity contribution in [1.29, 1.82) is 0 Å². The van der Waals surface area contributed by atoms with Gasteiger partial charge in [-0.3, -0.25) is 15.0 Å². The standard InChI is InChI=1S/C28H33N5O10.ClH/c1-10-22(34)14(29)7-17(42-10)43-16-9-28(40,11(2)32-33-27(39)31-30)8-13-19(16)26(38)21-20(24(13)36)23(35)12-5-4-6-15(41-3)18(12)25(21)37;/h4-6,10,14,16-17,22,34,36,38,40H,7-9,29-30H2,1-3H3,(H2,31,33,39);1H/b32-11+;/t10?,14?,16-,17?,22?,28-;/m0./s1. The first-order valence-electron chi connectivity index (χ1n) is 13.5. The Bertz CT molecular complexity index is 1540. The molecular formula is C28H34ClN5O10. The molecule has 16 heteroatoms. The van der Waals surface area contributed by atoms with Crippen LogP contribution in [0.25, 0.3) is 0 Å². The van der Waals surface area contributed by atoms with E-state index in [0.29, 0.717) is 0 Å². The number of ether oxygens (including phenoxy) is 3. The number of nitrogens with two attached hydrogens (primary N) is 2. The number of rotatable bonds is 5. The molecule has 1 heterocycles. The maximum Gasteiger partial charge on any atom is 0.349 e. The third-order valence-corrected chi connectivity index (χ3v) is 8.27. The molecule has 2 aromatic carbocycles. The number of urea groups is 1. The van der Waals surface area contributed by atoms with Gasteiger partial charge in [-0.25, -0.2) is 16.1 Å². The number of hydrogen-bond acceptors (Lipinski definition) is 13. The SMILES string of the molecule is COc1cccc2c1C(=O)c1c(O)c3c(c(O)c1C2=O)C[C@@](O)(/C(C)=N/NC(=O)NN)C[C@@H]3OC1CC(N)C(O)C(C)O1.Cl. The lowest BCUT2D eigenvalue weighted by Crippen LogP contribution is -2.52. The number of methoxy groups -OCH3 is 1. The summed E-state index contributed by atoms with van der Waals surface area (Å²) in [5, 5.41) is 49.1. The van der Waals surface area contributed by atoms with E-state index in [0.717, 1.165) is 0 Å². The lowest BCUT2D eigenvalue weighted by molar-refractivity contribution is -0.245. The number of aliphatic hydroxyl groups excluding tert-OH is 1. The fraction of sp³-hybridized carbons (Fsp3) is 0.429. The van der Waals surface area contributed by atoms with Crippen LogP contribution in [0.3, 0.4) is 0 Å². The van der Waals surface area contributed by atoms with Gasteiger partial charge in [-0.05, 0) is 19.9 Å². The van der Waals surface area contributed by atoms with Gasteiger partial charge in [0.2, 0.25) is 5.78 Å². The summed E-state index contributed by atoms with van der Waals surface area (Å²) in [5.41, 5.74) is 7.02. The number of phenolic OH excluding ortho intramolecular Hbond substituents is 2. The molecule has 0 spiro atoms. The Kier molecular flexibility index (Phi) is 9.23. The minimum Gasteiger partial charge on any atom is -0.507 e. The third kappa shape index (κ3) is 5.36. The number of fused-ring (bicyclic) bond motifs is 3. The Hall–Kier alpha value is -3.83. The first-order chi connectivity index (χ1) is 20.3. The molecule has 2 amide bonds. The number of nitrogens with one attached hydrogen (secondary N) is 2. The highest BCUT2D eigenvalue weighted by atomic mass is 35.5. The van der Waals surface area contributed by atoms with E-state index in [1.54, 1.807) is 6.92 Å². The van der Waals surface area contributed by atoms with Gasteiger partial charge >= 0.3 is 6.03 Å². The van der Waals surface area contributed by atoms with Crippen LogP contribution in [0.2, 0.25) is 0 Å². The van der Waals surface area contributed by atoms with E-state index in [9.17, 15) is 34.8 Å². The minimum atomic E-state index is -1.90. The topological polar surface area (TPSA) is 248 Å². The lowest BCUT2D eigenvalue weighted by atomic mass is 9.72. The average molecular weight is 636 g/mol. The zero-order valence-electron chi connectivity index (χ0n) is 24.0. The van der Waals surface area contributed by atoms with Crippen LogP contribution in [0.4, 0.5) is 4.79 Å². The maximum atomic E-state index is 13.8. The lowest BCUT2D eigenvalue weighted by Gasteiger charge is -2.42. The number of nitrogens with zero attached hydrogens (tertiary/aromatic N) is 1. The van der Waals surface area contributed by atoms with Gasteiger partial charge in [-0.1, -0.05) is 12.1 Å². The second-order valence-corrected chi connectivity index (χ2v) is 10.9. The highest BCUT2D eigenvalue weighted by Crippen LogP contribution is 2.52. The molecule has 0 radical (unpaired) electrons. The molecule has 6 atom stereocenters. The summed E-state index contributed by atoms with van der Waals surface area (Å²) in [4.78, 5) is 39.1. The fourth-order valence-corrected chi connectivity index (χ4v) is 5.94. The van der Waals surface area contributed by atoms with Crippen molar-refractivity contribution in [1.82, 2.24) is 10.9 Å². The Labute approximate surface area is 257 Å². The Morgan fingerprint density at radius 3 is 2.48 bits per heavy atom. The van der Waals surface area contributed by atoms with Crippen LogP contribution >= 0.6 is 12.4 Å². The van der Waals surface area contributed by atoms with Gasteiger partial charge in [-0.15, -0.1) is 12.4 Å². The zero-order valence-corrected chi connectivity index (χ0v) is 24.8. The number of hydrazine groups is 1. The maximum absolute atomic E-state index is 13.8. The van der Waals surface area contributed by atoms with Gasteiger partial charge in [0.05, 0.1) is 47.8 Å². The average Bonchev–Trinajstić information content (AvgIpc) is 2.98. The summed E-state index contributed by atoms with van der Waals surface area (Å²) in [5.74, 6) is 2.46. The second kappa shape index (κ2) is 12.3. The number of benzene rings is 2. The van der Waals surface area contributed by atoms with Gasteiger partial charge in [0.25, 0.3) is 0 Å². The highest BCUT2D eigenvalue weighted by Gasteiger charge is 2.49. The molecule has 2 aromatic rings. The van der Waals surface area contributed by atoms with Crippen molar-refractivity contribution < 1.29 is 49.0 Å². The number of aliphatic hydroxyl groups is 2. The molecule has 1 aliphatic heterocycles. The number of carbonyl (C=O) groups is 3. The minimum absolute atomic E-state index is 0.